The second-order valence-corrected chi connectivity index (χ2v) is 9.44. The lowest BCUT2D eigenvalue weighted by Gasteiger charge is -2.38. The van der Waals surface area contributed by atoms with E-state index in [0.717, 1.165) is 27.2 Å². The van der Waals surface area contributed by atoms with Crippen molar-refractivity contribution in [3.8, 4) is 16.9 Å². The fourth-order valence-electron chi connectivity index (χ4n) is 4.34. The molecule has 1 fully saturated rings. The number of ether oxygens (including phenoxy) is 1. The molecule has 1 aromatic heterocycles. The largest absolute Gasteiger partial charge is 0.486 e. The van der Waals surface area contributed by atoms with Gasteiger partial charge in [-0.1, -0.05) is 29.8 Å². The number of fused-ring (bicyclic) bond motifs is 1. The van der Waals surface area contributed by atoms with Crippen LogP contribution >= 0.6 is 11.6 Å². The summed E-state index contributed by atoms with van der Waals surface area (Å²) in [5, 5.41) is 3.30. The van der Waals surface area contributed by atoms with Gasteiger partial charge in [0.25, 0.3) is 11.8 Å². The van der Waals surface area contributed by atoms with E-state index in [2.05, 4.69) is 10.3 Å². The van der Waals surface area contributed by atoms with Gasteiger partial charge in [-0.25, -0.2) is 13.8 Å². The Balaban J connectivity index is 1.23. The number of aromatic nitrogens is 1. The summed E-state index contributed by atoms with van der Waals surface area (Å²) in [6.07, 6.45) is 4.85. The summed E-state index contributed by atoms with van der Waals surface area (Å²) < 4.78 is 32.3. The van der Waals surface area contributed by atoms with Crippen LogP contribution in [0, 0.1) is 0 Å². The van der Waals surface area contributed by atoms with Crippen molar-refractivity contribution in [2.45, 2.75) is 18.4 Å². The molecule has 7 nitrogen and oxygen atoms in total. The van der Waals surface area contributed by atoms with Crippen LogP contribution in [0.1, 0.15) is 21.5 Å². The molecule has 2 amide bonds. The Morgan fingerprint density at radius 3 is 2.59 bits per heavy atom. The van der Waals surface area contributed by atoms with E-state index in [0.29, 0.717) is 28.6 Å². The minimum atomic E-state index is -2.81. The van der Waals surface area contributed by atoms with Gasteiger partial charge in [0.05, 0.1) is 24.7 Å². The summed E-state index contributed by atoms with van der Waals surface area (Å²) >= 11 is 6.38. The number of carbonyl (C=O) groups excluding carboxylic acids is 2. The normalized spacial score (nSPS) is 17.7. The first-order chi connectivity index (χ1) is 17.7. The van der Waals surface area contributed by atoms with Crippen LogP contribution in [0.15, 0.2) is 60.8 Å². The summed E-state index contributed by atoms with van der Waals surface area (Å²) in [6.45, 7) is -0.828. The Morgan fingerprint density at radius 1 is 1.16 bits per heavy atom. The molecule has 1 saturated heterocycles. The Kier molecular flexibility index (Phi) is 6.55. The summed E-state index contributed by atoms with van der Waals surface area (Å²) in [6, 6.07) is 13.8. The number of rotatable bonds is 6. The maximum atomic E-state index is 13.1. The molecule has 0 saturated carbocycles. The molecule has 1 unspecified atom stereocenters. The number of amides is 2. The van der Waals surface area contributed by atoms with Gasteiger partial charge in [0.2, 0.25) is 5.91 Å². The van der Waals surface area contributed by atoms with Gasteiger partial charge in [-0.05, 0) is 53.1 Å². The van der Waals surface area contributed by atoms with Gasteiger partial charge in [-0.2, -0.15) is 0 Å². The zero-order valence-electron chi connectivity index (χ0n) is 19.6. The Labute approximate surface area is 216 Å². The van der Waals surface area contributed by atoms with E-state index >= 15 is 0 Å². The van der Waals surface area contributed by atoms with E-state index in [4.69, 9.17) is 22.1 Å². The van der Waals surface area contributed by atoms with E-state index in [1.807, 2.05) is 6.07 Å². The number of nitrogens with one attached hydrogen (secondary N) is 1. The highest BCUT2D eigenvalue weighted by Crippen LogP contribution is 2.42. The summed E-state index contributed by atoms with van der Waals surface area (Å²) in [4.78, 5) is 29.8. The molecule has 10 heteroatoms. The van der Waals surface area contributed by atoms with Gasteiger partial charge >= 0.3 is 0 Å². The molecule has 0 spiro atoms. The summed E-state index contributed by atoms with van der Waals surface area (Å²) in [5.41, 5.74) is 9.29. The molecular weight excluding hydrogens is 502 g/mol. The number of anilines is 1. The van der Waals surface area contributed by atoms with Crippen LogP contribution in [-0.4, -0.2) is 53.4 Å². The van der Waals surface area contributed by atoms with Crippen LogP contribution in [0.2, 0.25) is 5.02 Å². The van der Waals surface area contributed by atoms with Gasteiger partial charge in [-0.15, -0.1) is 0 Å². The molecule has 2 aliphatic rings. The van der Waals surface area contributed by atoms with Crippen molar-refractivity contribution in [1.29, 1.82) is 0 Å². The molecule has 0 bridgehead atoms. The van der Waals surface area contributed by atoms with E-state index in [1.54, 1.807) is 54.7 Å². The molecule has 3 heterocycles. The maximum Gasteiger partial charge on any atom is 0.282 e. The van der Waals surface area contributed by atoms with Gasteiger partial charge in [-0.3, -0.25) is 9.59 Å². The fraction of sp³-hybridized carbons (Fsp3) is 0.222. The highest BCUT2D eigenvalue weighted by molar-refractivity contribution is 6.32. The number of nitrogens with zero attached hydrogens (tertiary/aromatic N) is 2. The Hall–Kier alpha value is -3.98. The molecular formula is C27H23ClF2N4O3. The standard InChI is InChI=1S/C27H23ClF2N4O3/c28-22-8-7-20(17-3-5-18(6-4-17)26(36)34-14-27(29,30)15-34)21-11-19(37-25(21)22)13-33-24(35)10-2-16-1-9-23(31)32-12-16/h1-10,12,19H,11,13-15H2,(H2,31,32)(H,33,35)/b10-2+. The Bertz CT molecular complexity index is 1370. The minimum absolute atomic E-state index is 0.275. The van der Waals surface area contributed by atoms with E-state index in [-0.39, 0.29) is 18.6 Å². The first-order valence-corrected chi connectivity index (χ1v) is 12.0. The third-order valence-electron chi connectivity index (χ3n) is 6.24. The number of hydrogen-bond donors (Lipinski definition) is 2. The monoisotopic (exact) mass is 524 g/mol. The molecule has 2 aliphatic heterocycles. The molecule has 3 N–H and O–H groups in total. The zero-order valence-corrected chi connectivity index (χ0v) is 20.3. The second-order valence-electron chi connectivity index (χ2n) is 9.04. The van der Waals surface area contributed by atoms with Crippen LogP contribution in [0.5, 0.6) is 5.75 Å². The van der Waals surface area contributed by atoms with E-state index in [1.165, 1.54) is 6.08 Å². The lowest BCUT2D eigenvalue weighted by molar-refractivity contribution is -0.116. The molecule has 37 heavy (non-hydrogen) atoms. The quantitative estimate of drug-likeness (QED) is 0.471. The van der Waals surface area contributed by atoms with Gasteiger partial charge in [0.1, 0.15) is 17.7 Å². The molecule has 0 aliphatic carbocycles. The molecule has 190 valence electrons. The highest BCUT2D eigenvalue weighted by atomic mass is 35.5. The van der Waals surface area contributed by atoms with Crippen molar-refractivity contribution in [3.05, 3.63) is 82.5 Å². The topological polar surface area (TPSA) is 97.5 Å². The first-order valence-electron chi connectivity index (χ1n) is 11.6. The smallest absolute Gasteiger partial charge is 0.282 e. The van der Waals surface area contributed by atoms with E-state index in [9.17, 15) is 18.4 Å². The number of nitrogen functional groups attached to an aromatic ring is 1. The number of nitrogens with two attached hydrogens (primary N) is 1. The third kappa shape index (κ3) is 5.41. The number of halogens is 3. The molecule has 5 rings (SSSR count). The van der Waals surface area contributed by atoms with Crippen molar-refractivity contribution in [1.82, 2.24) is 15.2 Å². The van der Waals surface area contributed by atoms with Gasteiger partial charge in [0.15, 0.2) is 0 Å². The van der Waals surface area contributed by atoms with Crippen molar-refractivity contribution in [3.63, 3.8) is 0 Å². The number of alkyl halides is 2. The van der Waals surface area contributed by atoms with Crippen LogP contribution < -0.4 is 15.8 Å². The number of pyridine rings is 1. The Morgan fingerprint density at radius 2 is 1.92 bits per heavy atom. The number of benzene rings is 2. The molecule has 0 radical (unpaired) electrons. The van der Waals surface area contributed by atoms with Crippen LogP contribution in [0.4, 0.5) is 14.6 Å². The molecule has 3 aromatic rings. The second kappa shape index (κ2) is 9.82. The van der Waals surface area contributed by atoms with Gasteiger partial charge < -0.3 is 20.7 Å². The predicted molar refractivity (Wildman–Crippen MR) is 137 cm³/mol. The zero-order chi connectivity index (χ0) is 26.2. The molecule has 1 atom stereocenters. The third-order valence-corrected chi connectivity index (χ3v) is 6.54. The van der Waals surface area contributed by atoms with Crippen LogP contribution in [0.3, 0.4) is 0 Å². The van der Waals surface area contributed by atoms with E-state index < -0.39 is 24.9 Å². The SMILES string of the molecule is Nc1ccc(/C=C/C(=O)NCC2Cc3c(-c4ccc(C(=O)N5CC(F)(F)C5)cc4)ccc(Cl)c3O2)cn1. The van der Waals surface area contributed by atoms with Gasteiger partial charge in [0, 0.05) is 29.8 Å². The predicted octanol–water partition coefficient (Wildman–Crippen LogP) is 4.21. The van der Waals surface area contributed by atoms with Crippen molar-refractivity contribution < 1.29 is 23.1 Å². The molecule has 2 aromatic carbocycles. The van der Waals surface area contributed by atoms with Crippen molar-refractivity contribution >= 4 is 35.3 Å². The van der Waals surface area contributed by atoms with Crippen LogP contribution in [-0.2, 0) is 11.2 Å². The first kappa shape index (κ1) is 24.7. The lowest BCUT2D eigenvalue weighted by Crippen LogP contribution is -2.58. The number of carbonyl (C=O) groups is 2. The average molecular weight is 525 g/mol. The fourth-order valence-corrected chi connectivity index (χ4v) is 4.56. The average Bonchev–Trinajstić information content (AvgIpc) is 3.31. The van der Waals surface area contributed by atoms with Crippen LogP contribution in [0.25, 0.3) is 17.2 Å². The maximum absolute atomic E-state index is 13.1. The van der Waals surface area contributed by atoms with Crippen molar-refractivity contribution in [2.75, 3.05) is 25.4 Å². The minimum Gasteiger partial charge on any atom is -0.486 e. The number of likely N-dealkylation sites (tertiary alicyclic amines) is 1. The summed E-state index contributed by atoms with van der Waals surface area (Å²) in [5.74, 6) is -2.53. The highest BCUT2D eigenvalue weighted by Gasteiger charge is 2.46. The summed E-state index contributed by atoms with van der Waals surface area (Å²) in [7, 11) is 0. The lowest BCUT2D eigenvalue weighted by atomic mass is 9.95. The van der Waals surface area contributed by atoms with Crippen molar-refractivity contribution in [2.24, 2.45) is 0 Å². The number of hydrogen-bond acceptors (Lipinski definition) is 5.